The van der Waals surface area contributed by atoms with Crippen LogP contribution in [0.15, 0.2) is 12.2 Å². The molecule has 0 aliphatic heterocycles. The Balaban J connectivity index is 3.28. The molecule has 0 bridgehead atoms. The molecule has 0 atom stereocenters. The zero-order valence-corrected chi connectivity index (χ0v) is 7.21. The van der Waals surface area contributed by atoms with E-state index >= 15 is 0 Å². The van der Waals surface area contributed by atoms with Gasteiger partial charge >= 0.3 is 64.8 Å². The molecule has 0 rings (SSSR count). The maximum atomic E-state index is 8.41. The van der Waals surface area contributed by atoms with Gasteiger partial charge in [-0.05, 0) is 0 Å². The van der Waals surface area contributed by atoms with Crippen LogP contribution in [-0.2, 0) is 0 Å². The molecule has 4 N–H and O–H groups in total. The average molecular weight is 243 g/mol. The van der Waals surface area contributed by atoms with Crippen LogP contribution in [0, 0.1) is 0 Å². The van der Waals surface area contributed by atoms with E-state index in [1.165, 1.54) is 0 Å². The van der Waals surface area contributed by atoms with E-state index in [9.17, 15) is 0 Å². The van der Waals surface area contributed by atoms with Crippen molar-refractivity contribution < 1.29 is 31.5 Å². The standard InChI is InChI=1S/C3H9BIN2O2/c1-3(4(8)9)6-7-5-2/h6-9H,1H2,2H3/q-1. The Kier molecular flexibility index (Phi) is 5.16. The summed E-state index contributed by atoms with van der Waals surface area (Å²) < 4.78 is 2.77. The summed E-state index contributed by atoms with van der Waals surface area (Å²) in [6, 6.07) is 0. The first kappa shape index (κ1) is 9.21. The predicted octanol–water partition coefficient (Wildman–Crippen LogP) is -4.76. The molecule has 0 unspecified atom stereocenters. The van der Waals surface area contributed by atoms with E-state index in [1.807, 2.05) is 4.93 Å². The van der Waals surface area contributed by atoms with E-state index in [0.717, 1.165) is 0 Å². The van der Waals surface area contributed by atoms with Gasteiger partial charge in [0.15, 0.2) is 0 Å². The van der Waals surface area contributed by atoms with Gasteiger partial charge < -0.3 is 0 Å². The molecule has 0 aromatic heterocycles. The topological polar surface area (TPSA) is 64.5 Å². The Morgan fingerprint density at radius 2 is 2.22 bits per heavy atom. The molecule has 0 aliphatic carbocycles. The van der Waals surface area contributed by atoms with E-state index in [4.69, 9.17) is 10.0 Å². The Morgan fingerprint density at radius 3 is 2.56 bits per heavy atom. The molecule has 0 saturated carbocycles. The van der Waals surface area contributed by atoms with Crippen LogP contribution < -0.4 is 30.5 Å². The SMILES string of the molecule is C=C(NN[I-]C)B(O)O. The van der Waals surface area contributed by atoms with E-state index in [0.29, 0.717) is 0 Å². The summed E-state index contributed by atoms with van der Waals surface area (Å²) in [4.78, 5) is 1.99. The fourth-order valence-corrected chi connectivity index (χ4v) is 0.789. The number of hydrogen-bond donors (Lipinski definition) is 4. The van der Waals surface area contributed by atoms with E-state index in [1.54, 1.807) is 0 Å². The second-order valence-electron chi connectivity index (χ2n) is 1.31. The zero-order valence-electron chi connectivity index (χ0n) is 5.06. The molecular weight excluding hydrogens is 234 g/mol. The molecule has 9 heavy (non-hydrogen) atoms. The normalized spacial score (nSPS) is 9.22. The van der Waals surface area contributed by atoms with Crippen molar-refractivity contribution in [3.8, 4) is 0 Å². The first-order valence-electron chi connectivity index (χ1n) is 2.23. The fourth-order valence-electron chi connectivity index (χ4n) is 0.172. The zero-order chi connectivity index (χ0) is 7.28. The number of hydrazine groups is 1. The summed E-state index contributed by atoms with van der Waals surface area (Å²) in [7, 11) is -1.48. The van der Waals surface area contributed by atoms with Crippen molar-refractivity contribution in [1.29, 1.82) is 0 Å². The third kappa shape index (κ3) is 4.70. The number of halogens is 1. The van der Waals surface area contributed by atoms with Gasteiger partial charge in [0.05, 0.1) is 0 Å². The van der Waals surface area contributed by atoms with Gasteiger partial charge in [-0.2, -0.15) is 0 Å². The molecule has 0 aliphatic rings. The minimum absolute atomic E-state index is 0.0959. The van der Waals surface area contributed by atoms with Crippen molar-refractivity contribution in [1.82, 2.24) is 9.06 Å². The van der Waals surface area contributed by atoms with Gasteiger partial charge in [-0.15, -0.1) is 0 Å². The molecule has 0 saturated heterocycles. The summed E-state index contributed by atoms with van der Waals surface area (Å²) in [6.45, 7) is 3.34. The Hall–Kier alpha value is 0.215. The second kappa shape index (κ2) is 5.04. The van der Waals surface area contributed by atoms with Crippen LogP contribution in [0.1, 0.15) is 0 Å². The summed E-state index contributed by atoms with van der Waals surface area (Å²) in [5.41, 5.74) is 2.71. The van der Waals surface area contributed by atoms with Crippen LogP contribution in [0.25, 0.3) is 0 Å². The van der Waals surface area contributed by atoms with E-state index in [-0.39, 0.29) is 27.1 Å². The molecule has 0 aromatic rings. The van der Waals surface area contributed by atoms with Crippen LogP contribution in [0.2, 0.25) is 0 Å². The molecule has 0 fully saturated rings. The quantitative estimate of drug-likeness (QED) is 0.132. The van der Waals surface area contributed by atoms with Gasteiger partial charge in [0.25, 0.3) is 0 Å². The van der Waals surface area contributed by atoms with Crippen LogP contribution >= 0.6 is 0 Å². The van der Waals surface area contributed by atoms with Gasteiger partial charge in [-0.1, -0.05) is 0 Å². The molecule has 0 amide bonds. The molecule has 4 nitrogen and oxygen atoms in total. The second-order valence-corrected chi connectivity index (χ2v) is 2.93. The van der Waals surface area contributed by atoms with Crippen LogP contribution in [-0.4, -0.2) is 22.1 Å². The molecule has 0 spiro atoms. The van der Waals surface area contributed by atoms with Crippen molar-refractivity contribution >= 4 is 7.12 Å². The summed E-state index contributed by atoms with van der Waals surface area (Å²) in [5, 5.41) is 16.8. The van der Waals surface area contributed by atoms with Gasteiger partial charge in [0.2, 0.25) is 0 Å². The third-order valence-corrected chi connectivity index (χ3v) is 1.42. The van der Waals surface area contributed by atoms with E-state index < -0.39 is 7.12 Å². The van der Waals surface area contributed by atoms with Crippen LogP contribution in [0.5, 0.6) is 0 Å². The predicted molar refractivity (Wildman–Crippen MR) is 31.5 cm³/mol. The summed E-state index contributed by atoms with van der Waals surface area (Å²) in [6.07, 6.45) is 0. The molecule has 0 radical (unpaired) electrons. The Morgan fingerprint density at radius 1 is 1.67 bits per heavy atom. The number of rotatable bonds is 4. The Labute approximate surface area is 65.1 Å². The van der Waals surface area contributed by atoms with Crippen molar-refractivity contribution in [3.05, 3.63) is 12.2 Å². The van der Waals surface area contributed by atoms with Gasteiger partial charge in [0.1, 0.15) is 0 Å². The maximum absolute atomic E-state index is 8.41. The Bertz CT molecular complexity index is 99.8. The van der Waals surface area contributed by atoms with Crippen molar-refractivity contribution in [3.63, 3.8) is 0 Å². The van der Waals surface area contributed by atoms with Gasteiger partial charge in [-0.25, -0.2) is 0 Å². The van der Waals surface area contributed by atoms with Crippen LogP contribution in [0.3, 0.4) is 0 Å². The van der Waals surface area contributed by atoms with Crippen LogP contribution in [0.4, 0.5) is 0 Å². The number of hydrogen-bond acceptors (Lipinski definition) is 4. The molecular formula is C3H9BIN2O2-. The molecule has 0 aromatic carbocycles. The summed E-state index contributed by atoms with van der Waals surface area (Å²) in [5.74, 6) is 0. The van der Waals surface area contributed by atoms with Crippen molar-refractivity contribution in [2.24, 2.45) is 0 Å². The number of alkyl halides is 1. The fraction of sp³-hybridized carbons (Fsp3) is 0.333. The number of nitrogens with one attached hydrogen (secondary N) is 2. The molecule has 0 heterocycles. The minimum atomic E-state index is -1.48. The van der Waals surface area contributed by atoms with Gasteiger partial charge in [0, 0.05) is 0 Å². The van der Waals surface area contributed by atoms with E-state index in [2.05, 4.69) is 15.6 Å². The molecule has 54 valence electrons. The monoisotopic (exact) mass is 243 g/mol. The first-order chi connectivity index (χ1) is 4.18. The van der Waals surface area contributed by atoms with Crippen molar-refractivity contribution in [2.45, 2.75) is 0 Å². The van der Waals surface area contributed by atoms with Gasteiger partial charge in [-0.3, -0.25) is 0 Å². The summed E-state index contributed by atoms with van der Waals surface area (Å²) >= 11 is -0.0959. The molecule has 6 heteroatoms. The first-order valence-corrected chi connectivity index (χ1v) is 5.46. The average Bonchev–Trinajstić information content (AvgIpc) is 1.82. The third-order valence-electron chi connectivity index (χ3n) is 0.614. The van der Waals surface area contributed by atoms with Crippen molar-refractivity contribution in [2.75, 3.05) is 4.93 Å².